The van der Waals surface area contributed by atoms with Crippen molar-refractivity contribution >= 4 is 23.5 Å². The number of thioether (sulfide) groups is 2. The van der Waals surface area contributed by atoms with Crippen molar-refractivity contribution in [2.75, 3.05) is 17.3 Å². The van der Waals surface area contributed by atoms with Gasteiger partial charge in [-0.25, -0.2) is 0 Å². The van der Waals surface area contributed by atoms with Crippen LogP contribution in [0.2, 0.25) is 0 Å². The van der Waals surface area contributed by atoms with E-state index in [4.69, 9.17) is 4.52 Å². The van der Waals surface area contributed by atoms with Gasteiger partial charge in [0.05, 0.1) is 17.8 Å². The molecule has 2 heterocycles. The molecule has 0 radical (unpaired) electrons. The minimum atomic E-state index is -0.406. The van der Waals surface area contributed by atoms with Crippen molar-refractivity contribution in [2.45, 2.75) is 31.6 Å². The maximum Gasteiger partial charge on any atom is 0.229 e. The van der Waals surface area contributed by atoms with Crippen molar-refractivity contribution in [1.29, 1.82) is 0 Å². The zero-order valence-corrected chi connectivity index (χ0v) is 11.8. The van der Waals surface area contributed by atoms with E-state index in [-0.39, 0.29) is 5.92 Å². The average molecular weight is 274 g/mol. The maximum absolute atomic E-state index is 9.76. The molecule has 2 unspecified atom stereocenters. The highest BCUT2D eigenvalue weighted by Gasteiger charge is 2.23. The smallest absolute Gasteiger partial charge is 0.229 e. The quantitative estimate of drug-likeness (QED) is 0.908. The van der Waals surface area contributed by atoms with Crippen LogP contribution >= 0.6 is 23.5 Å². The largest absolute Gasteiger partial charge is 0.392 e. The Kier molecular flexibility index (Phi) is 4.76. The minimum Gasteiger partial charge on any atom is -0.392 e. The lowest BCUT2D eigenvalue weighted by molar-refractivity contribution is 0.116. The normalized spacial score (nSPS) is 22.9. The highest BCUT2D eigenvalue weighted by atomic mass is 32.2. The van der Waals surface area contributed by atoms with E-state index in [0.717, 1.165) is 17.3 Å². The summed E-state index contributed by atoms with van der Waals surface area (Å²) in [6.45, 7) is 3.96. The second kappa shape index (κ2) is 6.11. The molecule has 1 aromatic rings. The monoisotopic (exact) mass is 274 g/mol. The van der Waals surface area contributed by atoms with Gasteiger partial charge < -0.3 is 9.63 Å². The van der Waals surface area contributed by atoms with Crippen molar-refractivity contribution in [1.82, 2.24) is 10.1 Å². The first-order chi connectivity index (χ1) is 8.16. The van der Waals surface area contributed by atoms with Crippen molar-refractivity contribution in [3.8, 4) is 0 Å². The summed E-state index contributed by atoms with van der Waals surface area (Å²) in [6, 6.07) is 0. The number of aliphatic hydroxyl groups excluding tert-OH is 1. The van der Waals surface area contributed by atoms with Gasteiger partial charge in [-0.1, -0.05) is 19.0 Å². The Morgan fingerprint density at radius 3 is 2.94 bits per heavy atom. The maximum atomic E-state index is 9.76. The molecule has 0 amide bonds. The third kappa shape index (κ3) is 3.63. The third-order valence-electron chi connectivity index (χ3n) is 2.74. The molecule has 1 aliphatic heterocycles. The fourth-order valence-corrected chi connectivity index (χ4v) is 4.12. The molecule has 0 aromatic carbocycles. The fourth-order valence-electron chi connectivity index (χ4n) is 1.53. The van der Waals surface area contributed by atoms with Gasteiger partial charge in [0.25, 0.3) is 0 Å². The van der Waals surface area contributed by atoms with Crippen LogP contribution in [0.25, 0.3) is 0 Å². The number of aromatic nitrogens is 2. The van der Waals surface area contributed by atoms with Crippen molar-refractivity contribution in [3.63, 3.8) is 0 Å². The molecule has 17 heavy (non-hydrogen) atoms. The van der Waals surface area contributed by atoms with Gasteiger partial charge in [0.1, 0.15) is 0 Å². The molecule has 2 rings (SSSR count). The number of nitrogens with zero attached hydrogens (tertiary/aromatic N) is 2. The second-order valence-electron chi connectivity index (χ2n) is 4.50. The fraction of sp³-hybridized carbons (Fsp3) is 0.818. The number of hydrogen-bond donors (Lipinski definition) is 1. The van der Waals surface area contributed by atoms with E-state index in [2.05, 4.69) is 10.1 Å². The van der Waals surface area contributed by atoms with Crippen LogP contribution < -0.4 is 0 Å². The lowest BCUT2D eigenvalue weighted by atomic mass is 10.0. The first kappa shape index (κ1) is 13.2. The van der Waals surface area contributed by atoms with Crippen LogP contribution in [0, 0.1) is 5.92 Å². The van der Waals surface area contributed by atoms with E-state index in [0.29, 0.717) is 17.6 Å². The van der Waals surface area contributed by atoms with E-state index in [9.17, 15) is 5.11 Å². The molecular weight excluding hydrogens is 256 g/mol. The molecular formula is C11H18N2O2S2. The van der Waals surface area contributed by atoms with Crippen LogP contribution in [0.4, 0.5) is 0 Å². The molecule has 0 saturated carbocycles. The van der Waals surface area contributed by atoms with Gasteiger partial charge in [-0.2, -0.15) is 16.7 Å². The lowest BCUT2D eigenvalue weighted by Crippen LogP contribution is -2.17. The standard InChI is InChI=1S/C11H18N2O2S2/c1-7(2)8(14)5-10-12-11(13-15-10)9-6-16-3-4-17-9/h7-9,14H,3-6H2,1-2H3. The lowest BCUT2D eigenvalue weighted by Gasteiger charge is -2.17. The number of hydrogen-bond acceptors (Lipinski definition) is 6. The SMILES string of the molecule is CC(C)C(O)Cc1nc(C2CSCCS2)no1. The predicted octanol–water partition coefficient (Wildman–Crippen LogP) is 2.15. The molecule has 1 N–H and O–H groups in total. The summed E-state index contributed by atoms with van der Waals surface area (Å²) < 4.78 is 5.19. The van der Waals surface area contributed by atoms with Gasteiger partial charge in [-0.3, -0.25) is 0 Å². The van der Waals surface area contributed by atoms with Crippen LogP contribution in [0.5, 0.6) is 0 Å². The van der Waals surface area contributed by atoms with Crippen molar-refractivity contribution < 1.29 is 9.63 Å². The first-order valence-electron chi connectivity index (χ1n) is 5.86. The topological polar surface area (TPSA) is 59.2 Å². The molecule has 2 atom stereocenters. The summed E-state index contributed by atoms with van der Waals surface area (Å²) >= 11 is 3.82. The first-order valence-corrected chi connectivity index (χ1v) is 8.07. The van der Waals surface area contributed by atoms with Gasteiger partial charge in [0.15, 0.2) is 5.82 Å². The number of aliphatic hydroxyl groups is 1. The van der Waals surface area contributed by atoms with Crippen LogP contribution in [0.1, 0.15) is 30.8 Å². The van der Waals surface area contributed by atoms with Crippen LogP contribution in [-0.2, 0) is 6.42 Å². The molecule has 1 fully saturated rings. The van der Waals surface area contributed by atoms with Crippen molar-refractivity contribution in [3.05, 3.63) is 11.7 Å². The Balaban J connectivity index is 1.95. The van der Waals surface area contributed by atoms with E-state index in [1.165, 1.54) is 5.75 Å². The molecule has 1 saturated heterocycles. The minimum absolute atomic E-state index is 0.213. The Labute approximate surface area is 110 Å². The zero-order valence-electron chi connectivity index (χ0n) is 10.1. The van der Waals surface area contributed by atoms with Gasteiger partial charge in [-0.05, 0) is 5.92 Å². The molecule has 0 aliphatic carbocycles. The Morgan fingerprint density at radius 2 is 2.29 bits per heavy atom. The summed E-state index contributed by atoms with van der Waals surface area (Å²) in [7, 11) is 0. The highest BCUT2D eigenvalue weighted by molar-refractivity contribution is 8.06. The van der Waals surface area contributed by atoms with Gasteiger partial charge >= 0.3 is 0 Å². The summed E-state index contributed by atoms with van der Waals surface area (Å²) in [5.74, 6) is 4.96. The highest BCUT2D eigenvalue weighted by Crippen LogP contribution is 2.35. The molecule has 0 bridgehead atoms. The Morgan fingerprint density at radius 1 is 1.47 bits per heavy atom. The van der Waals surface area contributed by atoms with E-state index in [1.54, 1.807) is 0 Å². The summed E-state index contributed by atoms with van der Waals surface area (Å²) in [4.78, 5) is 4.38. The van der Waals surface area contributed by atoms with Crippen LogP contribution in [0.3, 0.4) is 0 Å². The zero-order chi connectivity index (χ0) is 12.3. The third-order valence-corrected chi connectivity index (χ3v) is 5.49. The summed E-state index contributed by atoms with van der Waals surface area (Å²) in [5, 5.41) is 14.1. The van der Waals surface area contributed by atoms with E-state index >= 15 is 0 Å². The molecule has 6 heteroatoms. The molecule has 1 aliphatic rings. The number of rotatable bonds is 4. The Hall–Kier alpha value is -0.200. The average Bonchev–Trinajstić information content (AvgIpc) is 2.78. The summed E-state index contributed by atoms with van der Waals surface area (Å²) in [6.07, 6.45) is 0.0477. The predicted molar refractivity (Wildman–Crippen MR) is 71.4 cm³/mol. The molecule has 4 nitrogen and oxygen atoms in total. The van der Waals surface area contributed by atoms with Gasteiger partial charge in [-0.15, -0.1) is 11.8 Å². The van der Waals surface area contributed by atoms with Gasteiger partial charge in [0, 0.05) is 17.3 Å². The van der Waals surface area contributed by atoms with Crippen molar-refractivity contribution in [2.24, 2.45) is 5.92 Å². The van der Waals surface area contributed by atoms with Crippen LogP contribution in [0.15, 0.2) is 4.52 Å². The van der Waals surface area contributed by atoms with Gasteiger partial charge in [0.2, 0.25) is 5.89 Å². The Bertz CT molecular complexity index is 351. The molecule has 96 valence electrons. The second-order valence-corrected chi connectivity index (χ2v) is 6.96. The molecule has 1 aromatic heterocycles. The van der Waals surface area contributed by atoms with Crippen LogP contribution in [-0.4, -0.2) is 38.6 Å². The molecule has 0 spiro atoms. The van der Waals surface area contributed by atoms with E-state index < -0.39 is 6.10 Å². The summed E-state index contributed by atoms with van der Waals surface area (Å²) in [5.41, 5.74) is 0. The van der Waals surface area contributed by atoms with E-state index in [1.807, 2.05) is 37.4 Å².